The molecule has 0 aliphatic carbocycles. The maximum Gasteiger partial charge on any atom is 0.266 e. The van der Waals surface area contributed by atoms with E-state index in [2.05, 4.69) is 36.2 Å². The van der Waals surface area contributed by atoms with Crippen LogP contribution >= 0.6 is 11.6 Å². The molecule has 0 spiro atoms. The van der Waals surface area contributed by atoms with E-state index in [1.54, 1.807) is 37.3 Å². The summed E-state index contributed by atoms with van der Waals surface area (Å²) in [5.41, 5.74) is 3.74. The summed E-state index contributed by atoms with van der Waals surface area (Å²) in [6.45, 7) is 8.36. The summed E-state index contributed by atoms with van der Waals surface area (Å²) in [5, 5.41) is 15.4. The number of allylic oxidation sites excluding steroid dienone is 1. The van der Waals surface area contributed by atoms with Gasteiger partial charge in [-0.25, -0.2) is 0 Å². The van der Waals surface area contributed by atoms with Crippen molar-refractivity contribution in [3.8, 4) is 17.6 Å². The summed E-state index contributed by atoms with van der Waals surface area (Å²) in [6.07, 6.45) is 3.84. The van der Waals surface area contributed by atoms with Gasteiger partial charge in [-0.3, -0.25) is 4.79 Å². The number of nitrogens with zero attached hydrogens (tertiary/aromatic N) is 1. The fourth-order valence-corrected chi connectivity index (χ4v) is 4.41. The summed E-state index contributed by atoms with van der Waals surface area (Å²) >= 11 is 6.18. The smallest absolute Gasteiger partial charge is 0.266 e. The highest BCUT2D eigenvalue weighted by atomic mass is 35.5. The molecule has 0 saturated heterocycles. The van der Waals surface area contributed by atoms with Crippen molar-refractivity contribution in [3.05, 3.63) is 118 Å². The Bertz CT molecular complexity index is 1600. The molecule has 5 nitrogen and oxygen atoms in total. The first kappa shape index (κ1) is 27.5. The molecule has 0 heterocycles. The molecular weight excluding hydrogens is 508 g/mol. The van der Waals surface area contributed by atoms with E-state index in [9.17, 15) is 10.1 Å². The van der Waals surface area contributed by atoms with Crippen LogP contribution in [0, 0.1) is 18.3 Å². The molecule has 6 heteroatoms. The van der Waals surface area contributed by atoms with Gasteiger partial charge in [0.1, 0.15) is 18.2 Å². The van der Waals surface area contributed by atoms with Crippen molar-refractivity contribution in [2.75, 3.05) is 11.9 Å². The van der Waals surface area contributed by atoms with Crippen LogP contribution < -0.4 is 14.8 Å². The van der Waals surface area contributed by atoms with Crippen molar-refractivity contribution in [1.29, 1.82) is 5.26 Å². The molecule has 0 radical (unpaired) electrons. The quantitative estimate of drug-likeness (QED) is 0.126. The number of carbonyl (C=O) groups is 1. The van der Waals surface area contributed by atoms with Gasteiger partial charge >= 0.3 is 0 Å². The van der Waals surface area contributed by atoms with Crippen LogP contribution in [0.4, 0.5) is 5.69 Å². The number of ether oxygens (including phenoxy) is 2. The van der Waals surface area contributed by atoms with Crippen LogP contribution in [0.2, 0.25) is 5.02 Å². The maximum atomic E-state index is 12.9. The first-order valence-corrected chi connectivity index (χ1v) is 13.0. The lowest BCUT2D eigenvalue weighted by Gasteiger charge is -2.17. The number of halogens is 1. The van der Waals surface area contributed by atoms with E-state index in [1.807, 2.05) is 37.3 Å². The van der Waals surface area contributed by atoms with Crippen LogP contribution in [-0.4, -0.2) is 12.5 Å². The second kappa shape index (κ2) is 12.8. The van der Waals surface area contributed by atoms with E-state index < -0.39 is 5.91 Å². The number of carbonyl (C=O) groups excluding carboxylic acids is 1. The van der Waals surface area contributed by atoms with Gasteiger partial charge in [0.2, 0.25) is 0 Å². The molecule has 4 rings (SSSR count). The molecule has 0 unspecified atom stereocenters. The number of anilines is 1. The average Bonchev–Trinajstić information content (AvgIpc) is 2.94. The van der Waals surface area contributed by atoms with Crippen LogP contribution in [0.25, 0.3) is 16.8 Å². The van der Waals surface area contributed by atoms with E-state index in [1.165, 1.54) is 11.5 Å². The monoisotopic (exact) mass is 536 g/mol. The van der Waals surface area contributed by atoms with Gasteiger partial charge in [0.25, 0.3) is 5.91 Å². The number of amides is 1. The molecule has 0 atom stereocenters. The van der Waals surface area contributed by atoms with E-state index >= 15 is 0 Å². The Morgan fingerprint density at radius 2 is 1.85 bits per heavy atom. The molecule has 0 saturated carbocycles. The molecule has 1 N–H and O–H groups in total. The minimum Gasteiger partial charge on any atom is -0.490 e. The average molecular weight is 537 g/mol. The van der Waals surface area contributed by atoms with Gasteiger partial charge in [-0.15, -0.1) is 6.58 Å². The van der Waals surface area contributed by atoms with Crippen molar-refractivity contribution in [2.45, 2.75) is 26.9 Å². The molecule has 0 aromatic heterocycles. The zero-order valence-electron chi connectivity index (χ0n) is 22.0. The van der Waals surface area contributed by atoms with E-state index in [0.29, 0.717) is 47.4 Å². The van der Waals surface area contributed by atoms with Gasteiger partial charge in [0.05, 0.1) is 6.61 Å². The predicted octanol–water partition coefficient (Wildman–Crippen LogP) is 8.05. The highest BCUT2D eigenvalue weighted by molar-refractivity contribution is 6.31. The summed E-state index contributed by atoms with van der Waals surface area (Å²) in [7, 11) is 0. The number of hydrogen-bond acceptors (Lipinski definition) is 4. The summed E-state index contributed by atoms with van der Waals surface area (Å²) in [5.74, 6) is 0.620. The summed E-state index contributed by atoms with van der Waals surface area (Å²) in [4.78, 5) is 12.9. The lowest BCUT2D eigenvalue weighted by molar-refractivity contribution is -0.112. The van der Waals surface area contributed by atoms with Gasteiger partial charge in [-0.2, -0.15) is 5.26 Å². The highest BCUT2D eigenvalue weighted by Crippen LogP contribution is 2.35. The van der Waals surface area contributed by atoms with Crippen molar-refractivity contribution in [2.24, 2.45) is 0 Å². The number of fused-ring (bicyclic) bond motifs is 1. The van der Waals surface area contributed by atoms with E-state index in [0.717, 1.165) is 22.1 Å². The first-order valence-electron chi connectivity index (χ1n) is 12.6. The van der Waals surface area contributed by atoms with Gasteiger partial charge in [0.15, 0.2) is 11.5 Å². The van der Waals surface area contributed by atoms with Gasteiger partial charge in [0, 0.05) is 16.3 Å². The van der Waals surface area contributed by atoms with Crippen LogP contribution in [0.1, 0.15) is 29.2 Å². The normalized spacial score (nSPS) is 11.1. The molecule has 0 fully saturated rings. The Kier molecular flexibility index (Phi) is 9.04. The Morgan fingerprint density at radius 1 is 1.05 bits per heavy atom. The third kappa shape index (κ3) is 6.67. The number of rotatable bonds is 10. The van der Waals surface area contributed by atoms with Crippen LogP contribution in [0.3, 0.4) is 0 Å². The predicted molar refractivity (Wildman–Crippen MR) is 158 cm³/mol. The number of nitriles is 1. The molecule has 0 aliphatic heterocycles. The number of benzene rings is 4. The van der Waals surface area contributed by atoms with Gasteiger partial charge in [-0.05, 0) is 84.1 Å². The van der Waals surface area contributed by atoms with Crippen molar-refractivity contribution >= 4 is 40.0 Å². The molecule has 196 valence electrons. The summed E-state index contributed by atoms with van der Waals surface area (Å²) in [6, 6.07) is 25.3. The second-order valence-electron chi connectivity index (χ2n) is 8.94. The van der Waals surface area contributed by atoms with Gasteiger partial charge < -0.3 is 14.8 Å². The third-order valence-electron chi connectivity index (χ3n) is 6.21. The highest BCUT2D eigenvalue weighted by Gasteiger charge is 2.16. The molecule has 1 amide bonds. The molecular formula is C33H29ClN2O3. The zero-order valence-corrected chi connectivity index (χ0v) is 22.7. The zero-order chi connectivity index (χ0) is 27.8. The van der Waals surface area contributed by atoms with E-state index in [4.69, 9.17) is 21.1 Å². The van der Waals surface area contributed by atoms with E-state index in [-0.39, 0.29) is 5.57 Å². The Balaban J connectivity index is 1.64. The topological polar surface area (TPSA) is 71.4 Å². The fraction of sp³-hybridized carbons (Fsp3) is 0.152. The lowest BCUT2D eigenvalue weighted by atomic mass is 10.0. The standard InChI is InChI=1S/C33H29ClN2O3/c1-4-9-27-17-24(18-28(20-35)33(37)36-30-13-8-12-29(34)22(30)3)19-31(38-5-2)32(27)39-21-23-14-15-25-10-6-7-11-26(25)16-23/h4,6-8,10-19H,1,5,9,21H2,2-3H3,(H,36,37)/b28-18+. The molecule has 39 heavy (non-hydrogen) atoms. The largest absolute Gasteiger partial charge is 0.490 e. The fourth-order valence-electron chi connectivity index (χ4n) is 4.23. The Hall–Kier alpha value is -4.53. The molecule has 4 aromatic rings. The second-order valence-corrected chi connectivity index (χ2v) is 9.35. The SMILES string of the molecule is C=CCc1cc(/C=C(\C#N)C(=O)Nc2cccc(Cl)c2C)cc(OCC)c1OCc1ccc2ccccc2c1. The van der Waals surface area contributed by atoms with Crippen molar-refractivity contribution in [1.82, 2.24) is 0 Å². The summed E-state index contributed by atoms with van der Waals surface area (Å²) < 4.78 is 12.2. The van der Waals surface area contributed by atoms with Crippen molar-refractivity contribution in [3.63, 3.8) is 0 Å². The molecule has 4 aromatic carbocycles. The third-order valence-corrected chi connectivity index (χ3v) is 6.62. The van der Waals surface area contributed by atoms with Crippen LogP contribution in [0.5, 0.6) is 11.5 Å². The molecule has 0 bridgehead atoms. The number of hydrogen-bond donors (Lipinski definition) is 1. The minimum atomic E-state index is -0.525. The van der Waals surface area contributed by atoms with Crippen molar-refractivity contribution < 1.29 is 14.3 Å². The Morgan fingerprint density at radius 3 is 2.59 bits per heavy atom. The van der Waals surface area contributed by atoms with Gasteiger partial charge in [-0.1, -0.05) is 60.1 Å². The molecule has 0 aliphatic rings. The lowest BCUT2D eigenvalue weighted by Crippen LogP contribution is -2.14. The van der Waals surface area contributed by atoms with Crippen LogP contribution in [0.15, 0.2) is 91.0 Å². The maximum absolute atomic E-state index is 12.9. The minimum absolute atomic E-state index is 0.0498. The number of nitrogens with one attached hydrogen (secondary N) is 1. The van der Waals surface area contributed by atoms with Crippen LogP contribution in [-0.2, 0) is 17.8 Å². The Labute approximate surface area is 233 Å². The first-order chi connectivity index (χ1) is 18.9.